The quantitative estimate of drug-likeness (QED) is 0.425. The highest BCUT2D eigenvalue weighted by Crippen LogP contribution is 2.32. The molecule has 0 bridgehead atoms. The SMILES string of the molecule is CCCCOCCCNC(=O)CN1CC(=O)Oc2ccc(C)cc21. The summed E-state index contributed by atoms with van der Waals surface area (Å²) in [6.07, 6.45) is 2.97. The first-order valence-electron chi connectivity index (χ1n) is 8.51. The molecule has 1 amide bonds. The van der Waals surface area contributed by atoms with Crippen LogP contribution in [0.25, 0.3) is 0 Å². The Hall–Kier alpha value is -2.08. The van der Waals surface area contributed by atoms with Crippen LogP contribution < -0.4 is 15.0 Å². The van der Waals surface area contributed by atoms with Gasteiger partial charge in [0.25, 0.3) is 0 Å². The summed E-state index contributed by atoms with van der Waals surface area (Å²) in [6.45, 7) is 6.32. The van der Waals surface area contributed by atoms with Gasteiger partial charge >= 0.3 is 5.97 Å². The molecular weight excluding hydrogens is 308 g/mol. The lowest BCUT2D eigenvalue weighted by Gasteiger charge is -2.29. The smallest absolute Gasteiger partial charge is 0.331 e. The summed E-state index contributed by atoms with van der Waals surface area (Å²) in [5, 5.41) is 2.87. The Morgan fingerprint density at radius 2 is 2.12 bits per heavy atom. The van der Waals surface area contributed by atoms with Crippen LogP contribution in [0.2, 0.25) is 0 Å². The van der Waals surface area contributed by atoms with Crippen LogP contribution in [-0.2, 0) is 14.3 Å². The number of nitrogens with one attached hydrogen (secondary N) is 1. The Morgan fingerprint density at radius 1 is 1.33 bits per heavy atom. The second kappa shape index (κ2) is 9.27. The van der Waals surface area contributed by atoms with Crippen LogP contribution in [0.1, 0.15) is 31.7 Å². The Bertz CT molecular complexity index is 574. The molecule has 0 atom stereocenters. The van der Waals surface area contributed by atoms with Crippen molar-refractivity contribution in [2.45, 2.75) is 33.1 Å². The van der Waals surface area contributed by atoms with Crippen LogP contribution in [0.5, 0.6) is 5.75 Å². The first-order valence-corrected chi connectivity index (χ1v) is 8.51. The predicted molar refractivity (Wildman–Crippen MR) is 92.4 cm³/mol. The van der Waals surface area contributed by atoms with E-state index in [2.05, 4.69) is 12.2 Å². The molecule has 132 valence electrons. The van der Waals surface area contributed by atoms with Crippen LogP contribution >= 0.6 is 0 Å². The molecule has 1 aliphatic heterocycles. The number of nitrogens with zero attached hydrogens (tertiary/aromatic N) is 1. The van der Waals surface area contributed by atoms with Gasteiger partial charge in [0.1, 0.15) is 6.54 Å². The van der Waals surface area contributed by atoms with Crippen molar-refractivity contribution < 1.29 is 19.1 Å². The van der Waals surface area contributed by atoms with Crippen molar-refractivity contribution in [1.82, 2.24) is 5.32 Å². The minimum Gasteiger partial charge on any atom is -0.423 e. The van der Waals surface area contributed by atoms with E-state index in [0.717, 1.165) is 37.1 Å². The van der Waals surface area contributed by atoms with Gasteiger partial charge in [0.2, 0.25) is 5.91 Å². The number of unbranched alkanes of at least 4 members (excludes halogenated alkanes) is 1. The van der Waals surface area contributed by atoms with Crippen LogP contribution in [0.3, 0.4) is 0 Å². The van der Waals surface area contributed by atoms with E-state index in [1.165, 1.54) is 0 Å². The zero-order chi connectivity index (χ0) is 17.4. The van der Waals surface area contributed by atoms with E-state index in [9.17, 15) is 9.59 Å². The Kier molecular flexibility index (Phi) is 7.06. The molecule has 0 aliphatic carbocycles. The zero-order valence-electron chi connectivity index (χ0n) is 14.5. The van der Waals surface area contributed by atoms with Crippen LogP contribution in [0.4, 0.5) is 5.69 Å². The zero-order valence-corrected chi connectivity index (χ0v) is 14.5. The fraction of sp³-hybridized carbons (Fsp3) is 0.556. The van der Waals surface area contributed by atoms with Crippen LogP contribution in [0.15, 0.2) is 18.2 Å². The minimum absolute atomic E-state index is 0.0873. The van der Waals surface area contributed by atoms with Crippen molar-refractivity contribution in [2.75, 3.05) is 37.7 Å². The fourth-order valence-corrected chi connectivity index (χ4v) is 2.48. The summed E-state index contributed by atoms with van der Waals surface area (Å²) in [5.41, 5.74) is 1.84. The van der Waals surface area contributed by atoms with Gasteiger partial charge in [-0.25, -0.2) is 4.79 Å². The molecule has 6 nitrogen and oxygen atoms in total. The van der Waals surface area contributed by atoms with Gasteiger partial charge in [-0.2, -0.15) is 0 Å². The fourth-order valence-electron chi connectivity index (χ4n) is 2.48. The summed E-state index contributed by atoms with van der Waals surface area (Å²) in [5.74, 6) is 0.0585. The molecular formula is C18H26N2O4. The average Bonchev–Trinajstić information content (AvgIpc) is 2.54. The molecule has 0 saturated heterocycles. The molecule has 0 unspecified atom stereocenters. The second-order valence-electron chi connectivity index (χ2n) is 5.97. The first kappa shape index (κ1) is 18.3. The number of carbonyl (C=O) groups is 2. The van der Waals surface area contributed by atoms with Gasteiger partial charge in [-0.15, -0.1) is 0 Å². The van der Waals surface area contributed by atoms with Crippen LogP contribution in [0, 0.1) is 6.92 Å². The number of rotatable bonds is 9. The van der Waals surface area contributed by atoms with E-state index < -0.39 is 0 Å². The molecule has 0 spiro atoms. The van der Waals surface area contributed by atoms with E-state index in [0.29, 0.717) is 18.9 Å². The van der Waals surface area contributed by atoms with E-state index in [4.69, 9.17) is 9.47 Å². The van der Waals surface area contributed by atoms with Gasteiger partial charge in [-0.05, 0) is 37.5 Å². The maximum Gasteiger partial charge on any atom is 0.331 e. The number of hydrogen-bond donors (Lipinski definition) is 1. The summed E-state index contributed by atoms with van der Waals surface area (Å²) < 4.78 is 10.7. The molecule has 1 aliphatic rings. The molecule has 0 aromatic heterocycles. The predicted octanol–water partition coefficient (Wildman–Crippen LogP) is 2.04. The maximum atomic E-state index is 12.1. The molecule has 1 aromatic carbocycles. The highest BCUT2D eigenvalue weighted by atomic mass is 16.5. The summed E-state index contributed by atoms with van der Waals surface area (Å²) in [4.78, 5) is 25.5. The van der Waals surface area contributed by atoms with E-state index in [1.54, 1.807) is 11.0 Å². The van der Waals surface area contributed by atoms with Gasteiger partial charge in [-0.3, -0.25) is 4.79 Å². The van der Waals surface area contributed by atoms with Crippen molar-refractivity contribution >= 4 is 17.6 Å². The third kappa shape index (κ3) is 5.53. The topological polar surface area (TPSA) is 67.9 Å². The van der Waals surface area contributed by atoms with Gasteiger partial charge in [0.05, 0.1) is 12.2 Å². The number of aryl methyl sites for hydroxylation is 1. The average molecular weight is 334 g/mol. The van der Waals surface area contributed by atoms with E-state index in [-0.39, 0.29) is 25.0 Å². The highest BCUT2D eigenvalue weighted by molar-refractivity contribution is 5.89. The Labute approximate surface area is 143 Å². The van der Waals surface area contributed by atoms with Gasteiger partial charge < -0.3 is 19.7 Å². The van der Waals surface area contributed by atoms with Crippen molar-refractivity contribution in [3.05, 3.63) is 23.8 Å². The molecule has 0 saturated carbocycles. The van der Waals surface area contributed by atoms with Crippen LogP contribution in [-0.4, -0.2) is 44.7 Å². The standard InChI is InChI=1S/C18H26N2O4/c1-3-4-9-23-10-5-8-19-17(21)12-20-13-18(22)24-16-7-6-14(2)11-15(16)20/h6-7,11H,3-5,8-10,12-13H2,1-2H3,(H,19,21). The lowest BCUT2D eigenvalue weighted by molar-refractivity contribution is -0.133. The molecule has 1 aromatic rings. The molecule has 0 radical (unpaired) electrons. The van der Waals surface area contributed by atoms with Crippen molar-refractivity contribution in [3.8, 4) is 5.75 Å². The molecule has 24 heavy (non-hydrogen) atoms. The lowest BCUT2D eigenvalue weighted by Crippen LogP contribution is -2.43. The molecule has 0 fully saturated rings. The first-order chi connectivity index (χ1) is 11.6. The Balaban J connectivity index is 1.78. The van der Waals surface area contributed by atoms with E-state index >= 15 is 0 Å². The van der Waals surface area contributed by atoms with Crippen molar-refractivity contribution in [3.63, 3.8) is 0 Å². The summed E-state index contributed by atoms with van der Waals surface area (Å²) >= 11 is 0. The van der Waals surface area contributed by atoms with Gasteiger partial charge in [0.15, 0.2) is 5.75 Å². The number of esters is 1. The molecule has 1 N–H and O–H groups in total. The number of hydrogen-bond acceptors (Lipinski definition) is 5. The number of amides is 1. The summed E-state index contributed by atoms with van der Waals surface area (Å²) in [6, 6.07) is 5.57. The van der Waals surface area contributed by atoms with Crippen molar-refractivity contribution in [2.24, 2.45) is 0 Å². The highest BCUT2D eigenvalue weighted by Gasteiger charge is 2.25. The second-order valence-corrected chi connectivity index (χ2v) is 5.97. The molecule has 2 rings (SSSR count). The maximum absolute atomic E-state index is 12.1. The van der Waals surface area contributed by atoms with Gasteiger partial charge in [0, 0.05) is 19.8 Å². The molecule has 1 heterocycles. The lowest BCUT2D eigenvalue weighted by atomic mass is 10.1. The minimum atomic E-state index is -0.344. The third-order valence-electron chi connectivity index (χ3n) is 3.76. The number of anilines is 1. The number of ether oxygens (including phenoxy) is 2. The molecule has 6 heteroatoms. The van der Waals surface area contributed by atoms with Crippen molar-refractivity contribution in [1.29, 1.82) is 0 Å². The third-order valence-corrected chi connectivity index (χ3v) is 3.76. The summed E-state index contributed by atoms with van der Waals surface area (Å²) in [7, 11) is 0. The largest absolute Gasteiger partial charge is 0.423 e. The number of fused-ring (bicyclic) bond motifs is 1. The number of carbonyl (C=O) groups excluding carboxylic acids is 2. The monoisotopic (exact) mass is 334 g/mol. The number of benzene rings is 1. The normalized spacial score (nSPS) is 13.4. The van der Waals surface area contributed by atoms with E-state index in [1.807, 2.05) is 19.1 Å². The Morgan fingerprint density at radius 3 is 2.92 bits per heavy atom. The van der Waals surface area contributed by atoms with Gasteiger partial charge in [-0.1, -0.05) is 19.4 Å².